The van der Waals surface area contributed by atoms with Gasteiger partial charge in [-0.25, -0.2) is 5.01 Å². The summed E-state index contributed by atoms with van der Waals surface area (Å²) in [7, 11) is 0. The minimum Gasteiger partial charge on any atom is -0.403 e. The van der Waals surface area contributed by atoms with Gasteiger partial charge < -0.3 is 16.4 Å². The Morgan fingerprint density at radius 3 is 2.45 bits per heavy atom. The second kappa shape index (κ2) is 7.11. The maximum atomic E-state index is 5.97. The molecule has 1 aromatic carbocycles. The Morgan fingerprint density at radius 2 is 1.82 bits per heavy atom. The van der Waals surface area contributed by atoms with Crippen LogP contribution in [0.15, 0.2) is 42.9 Å². The van der Waals surface area contributed by atoms with E-state index in [1.165, 1.54) is 5.69 Å². The summed E-state index contributed by atoms with van der Waals surface area (Å²) >= 11 is 0. The van der Waals surface area contributed by atoms with E-state index in [9.17, 15) is 0 Å². The smallest absolute Gasteiger partial charge is 0.0581 e. The van der Waals surface area contributed by atoms with Crippen LogP contribution in [0.1, 0.15) is 6.92 Å². The fraction of sp³-hybridized carbons (Fsp3) is 0.312. The van der Waals surface area contributed by atoms with Gasteiger partial charge in [0.2, 0.25) is 0 Å². The van der Waals surface area contributed by atoms with Crippen LogP contribution in [-0.2, 0) is 0 Å². The average molecular weight is 300 g/mol. The molecule has 118 valence electrons. The van der Waals surface area contributed by atoms with Crippen LogP contribution in [0.3, 0.4) is 0 Å². The third kappa shape index (κ3) is 4.09. The molecule has 1 aromatic heterocycles. The predicted molar refractivity (Wildman–Crippen MR) is 93.1 cm³/mol. The van der Waals surface area contributed by atoms with E-state index in [-0.39, 0.29) is 0 Å². The van der Waals surface area contributed by atoms with Gasteiger partial charge in [0, 0.05) is 48.8 Å². The monoisotopic (exact) mass is 300 g/mol. The molecule has 3 rings (SSSR count). The van der Waals surface area contributed by atoms with Gasteiger partial charge in [-0.2, -0.15) is 0 Å². The quantitative estimate of drug-likeness (QED) is 0.687. The van der Waals surface area contributed by atoms with Gasteiger partial charge in [-0.05, 0) is 24.8 Å². The number of anilines is 2. The number of piperazine rings is 1. The highest BCUT2D eigenvalue weighted by molar-refractivity contribution is 5.94. The highest BCUT2D eigenvalue weighted by Crippen LogP contribution is 2.25. The minimum absolute atomic E-state index is 0.667. The molecule has 0 aliphatic carbocycles. The zero-order valence-electron chi connectivity index (χ0n) is 13.0. The van der Waals surface area contributed by atoms with Crippen LogP contribution < -0.4 is 22.2 Å². The molecule has 0 radical (unpaired) electrons. The van der Waals surface area contributed by atoms with Crippen LogP contribution in [0.4, 0.5) is 11.4 Å². The first kappa shape index (κ1) is 16.1. The second-order valence-electron chi connectivity index (χ2n) is 5.50. The third-order valence-corrected chi connectivity index (χ3v) is 3.45. The van der Waals surface area contributed by atoms with Crippen molar-refractivity contribution in [2.45, 2.75) is 6.92 Å². The summed E-state index contributed by atoms with van der Waals surface area (Å²) in [5.74, 6) is 5.77. The number of allylic oxidation sites excluding steroid dienone is 1. The largest absolute Gasteiger partial charge is 0.403 e. The molecule has 1 aliphatic rings. The van der Waals surface area contributed by atoms with Gasteiger partial charge in [0.05, 0.1) is 11.9 Å². The Labute approximate surface area is 131 Å². The first-order chi connectivity index (χ1) is 10.5. The lowest BCUT2D eigenvalue weighted by atomic mass is 10.1. The van der Waals surface area contributed by atoms with Gasteiger partial charge in [-0.3, -0.25) is 10.8 Å². The predicted octanol–water partition coefficient (Wildman–Crippen LogP) is 1.29. The lowest BCUT2D eigenvalue weighted by Gasteiger charge is -2.33. The summed E-state index contributed by atoms with van der Waals surface area (Å²) in [5.41, 5.74) is 13.5. The van der Waals surface area contributed by atoms with E-state index in [4.69, 9.17) is 17.3 Å². The van der Waals surface area contributed by atoms with Gasteiger partial charge in [0.1, 0.15) is 0 Å². The van der Waals surface area contributed by atoms with Crippen LogP contribution in [-0.4, -0.2) is 36.2 Å². The Hall–Kier alpha value is -2.31. The van der Waals surface area contributed by atoms with Crippen molar-refractivity contribution in [1.29, 1.82) is 0 Å². The van der Waals surface area contributed by atoms with Crippen molar-refractivity contribution in [3.05, 3.63) is 42.9 Å². The lowest BCUT2D eigenvalue weighted by molar-refractivity contribution is 0.266. The number of nitrogens with zero attached hydrogens (tertiary/aromatic N) is 3. The summed E-state index contributed by atoms with van der Waals surface area (Å²) in [4.78, 5) is 6.44. The first-order valence-electron chi connectivity index (χ1n) is 7.26. The molecule has 0 amide bonds. The van der Waals surface area contributed by atoms with Gasteiger partial charge in [0.25, 0.3) is 0 Å². The molecule has 6 nitrogen and oxygen atoms in total. The van der Waals surface area contributed by atoms with Gasteiger partial charge in [-0.1, -0.05) is 12.6 Å². The topological polar surface area (TPSA) is 97.4 Å². The van der Waals surface area contributed by atoms with Gasteiger partial charge >= 0.3 is 0 Å². The molecule has 0 unspecified atom stereocenters. The Morgan fingerprint density at radius 1 is 1.18 bits per heavy atom. The van der Waals surface area contributed by atoms with Crippen LogP contribution >= 0.6 is 0 Å². The second-order valence-corrected chi connectivity index (χ2v) is 5.50. The van der Waals surface area contributed by atoms with Crippen LogP contribution in [0.25, 0.3) is 10.8 Å². The maximum Gasteiger partial charge on any atom is 0.0581 e. The zero-order valence-corrected chi connectivity index (χ0v) is 13.0. The van der Waals surface area contributed by atoms with E-state index in [0.29, 0.717) is 5.70 Å². The molecular weight excluding hydrogens is 276 g/mol. The minimum atomic E-state index is 0.667. The average Bonchev–Trinajstić information content (AvgIpc) is 2.48. The number of rotatable bonds is 1. The van der Waals surface area contributed by atoms with Gasteiger partial charge in [0.15, 0.2) is 0 Å². The van der Waals surface area contributed by atoms with E-state index >= 15 is 0 Å². The van der Waals surface area contributed by atoms with Crippen LogP contribution in [0.2, 0.25) is 0 Å². The number of nitrogens with two attached hydrogens (primary N) is 3. The number of hydrogen-bond acceptors (Lipinski definition) is 6. The van der Waals surface area contributed by atoms with Crippen LogP contribution in [0.5, 0.6) is 0 Å². The normalized spacial score (nSPS) is 15.3. The summed E-state index contributed by atoms with van der Waals surface area (Å²) in [5, 5.41) is 4.00. The van der Waals surface area contributed by atoms with E-state index in [0.717, 1.165) is 42.6 Å². The van der Waals surface area contributed by atoms with Crippen molar-refractivity contribution in [2.24, 2.45) is 11.6 Å². The SMILES string of the molecule is C=C(C)N.Nc1cncc2ccc(N3CCN(N)CC3)cc12. The molecule has 0 bridgehead atoms. The number of hydrogen-bond donors (Lipinski definition) is 3. The molecule has 1 fully saturated rings. The summed E-state index contributed by atoms with van der Waals surface area (Å²) < 4.78 is 0. The Kier molecular flexibility index (Phi) is 5.19. The van der Waals surface area contributed by atoms with Crippen molar-refractivity contribution in [3.63, 3.8) is 0 Å². The molecule has 2 heterocycles. The summed E-state index contributed by atoms with van der Waals surface area (Å²) in [6.07, 6.45) is 3.54. The molecule has 6 heteroatoms. The van der Waals surface area contributed by atoms with E-state index < -0.39 is 0 Å². The number of fused-ring (bicyclic) bond motifs is 1. The van der Waals surface area contributed by atoms with Crippen molar-refractivity contribution >= 4 is 22.1 Å². The molecule has 0 spiro atoms. The summed E-state index contributed by atoms with van der Waals surface area (Å²) in [6.45, 7) is 8.77. The van der Waals surface area contributed by atoms with E-state index in [1.54, 1.807) is 13.1 Å². The van der Waals surface area contributed by atoms with Crippen LogP contribution in [0, 0.1) is 0 Å². The number of hydrazine groups is 1. The van der Waals surface area contributed by atoms with E-state index in [1.807, 2.05) is 11.2 Å². The number of pyridine rings is 1. The molecule has 0 saturated carbocycles. The molecule has 1 aliphatic heterocycles. The number of aromatic nitrogens is 1. The highest BCUT2D eigenvalue weighted by atomic mass is 15.4. The van der Waals surface area contributed by atoms with E-state index in [2.05, 4.69) is 34.7 Å². The molecule has 2 aromatic rings. The molecular formula is C16H24N6. The summed E-state index contributed by atoms with van der Waals surface area (Å²) in [6, 6.07) is 6.33. The van der Waals surface area contributed by atoms with Crippen molar-refractivity contribution < 1.29 is 0 Å². The third-order valence-electron chi connectivity index (χ3n) is 3.45. The zero-order chi connectivity index (χ0) is 16.1. The number of nitrogen functional groups attached to an aromatic ring is 1. The van der Waals surface area contributed by atoms with Crippen molar-refractivity contribution in [1.82, 2.24) is 9.99 Å². The van der Waals surface area contributed by atoms with Crippen molar-refractivity contribution in [3.8, 4) is 0 Å². The maximum absolute atomic E-state index is 5.97. The molecule has 0 atom stereocenters. The fourth-order valence-corrected chi connectivity index (χ4v) is 2.35. The lowest BCUT2D eigenvalue weighted by Crippen LogP contribution is -2.49. The molecule has 22 heavy (non-hydrogen) atoms. The Bertz CT molecular complexity index is 642. The highest BCUT2D eigenvalue weighted by Gasteiger charge is 2.15. The standard InChI is InChI=1S/C13H17N5.C3H7N/c14-13-9-16-8-10-1-2-11(7-12(10)13)17-3-5-18(15)6-4-17;1-3(2)4/h1-2,7-9H,3-6,14-15H2;1,4H2,2H3. The molecule has 6 N–H and O–H groups in total. The van der Waals surface area contributed by atoms with Crippen molar-refractivity contribution in [2.75, 3.05) is 36.8 Å². The fourth-order valence-electron chi connectivity index (χ4n) is 2.35. The van der Waals surface area contributed by atoms with Gasteiger partial charge in [-0.15, -0.1) is 0 Å². The Balaban J connectivity index is 0.000000396. The number of benzene rings is 1. The molecule has 1 saturated heterocycles. The first-order valence-corrected chi connectivity index (χ1v) is 7.26.